The van der Waals surface area contributed by atoms with E-state index in [-0.39, 0.29) is 0 Å². The van der Waals surface area contributed by atoms with Crippen LogP contribution in [0.4, 0.5) is 0 Å². The Morgan fingerprint density at radius 3 is 1.82 bits per heavy atom. The van der Waals surface area contributed by atoms with E-state index in [9.17, 15) is 0 Å². The fourth-order valence-electron chi connectivity index (χ4n) is 1.91. The third-order valence-electron chi connectivity index (χ3n) is 3.34. The smallest absolute Gasteiger partial charge is 0.0354 e. The van der Waals surface area contributed by atoms with Gasteiger partial charge in [0.15, 0.2) is 0 Å². The van der Waals surface area contributed by atoms with Crippen LogP contribution >= 0.6 is 0 Å². The van der Waals surface area contributed by atoms with Gasteiger partial charge in [-0.05, 0) is 36.0 Å². The van der Waals surface area contributed by atoms with Crippen LogP contribution in [-0.2, 0) is 0 Å². The molecule has 0 atom stereocenters. The van der Waals surface area contributed by atoms with E-state index in [1.165, 1.54) is 12.8 Å². The summed E-state index contributed by atoms with van der Waals surface area (Å²) in [5, 5.41) is 0. The standard InChI is InChI=1S/C11H22/c1-8(2)9-6-10(7-9)11(3,4)5/h8-10H,6-7H2,1-5H3. The van der Waals surface area contributed by atoms with Crippen molar-refractivity contribution in [3.05, 3.63) is 0 Å². The molecule has 0 spiro atoms. The largest absolute Gasteiger partial charge is 0.0625 e. The Balaban J connectivity index is 2.30. The van der Waals surface area contributed by atoms with E-state index in [0.717, 1.165) is 17.8 Å². The SMILES string of the molecule is CC(C)C1CC(C(C)(C)C)C1. The highest BCUT2D eigenvalue weighted by atomic mass is 14.4. The van der Waals surface area contributed by atoms with E-state index in [1.54, 1.807) is 0 Å². The van der Waals surface area contributed by atoms with Gasteiger partial charge in [-0.25, -0.2) is 0 Å². The molecule has 0 aromatic rings. The first-order valence-corrected chi connectivity index (χ1v) is 4.91. The zero-order valence-electron chi connectivity index (χ0n) is 8.65. The summed E-state index contributed by atoms with van der Waals surface area (Å²) in [7, 11) is 0. The van der Waals surface area contributed by atoms with Gasteiger partial charge in [0, 0.05) is 0 Å². The first kappa shape index (κ1) is 9.09. The van der Waals surface area contributed by atoms with Gasteiger partial charge >= 0.3 is 0 Å². The van der Waals surface area contributed by atoms with Gasteiger partial charge in [-0.2, -0.15) is 0 Å². The molecule has 0 heterocycles. The minimum atomic E-state index is 0.561. The van der Waals surface area contributed by atoms with Crippen molar-refractivity contribution >= 4 is 0 Å². The van der Waals surface area contributed by atoms with Crippen LogP contribution in [0.2, 0.25) is 0 Å². The van der Waals surface area contributed by atoms with Crippen molar-refractivity contribution in [2.45, 2.75) is 47.5 Å². The Bertz CT molecular complexity index is 121. The Morgan fingerprint density at radius 2 is 1.55 bits per heavy atom. The predicted molar refractivity (Wildman–Crippen MR) is 50.5 cm³/mol. The molecular weight excluding hydrogens is 132 g/mol. The molecule has 0 aromatic heterocycles. The molecule has 0 unspecified atom stereocenters. The third kappa shape index (κ3) is 1.98. The summed E-state index contributed by atoms with van der Waals surface area (Å²) in [6.07, 6.45) is 2.95. The summed E-state index contributed by atoms with van der Waals surface area (Å²) in [4.78, 5) is 0. The van der Waals surface area contributed by atoms with Crippen LogP contribution in [0.25, 0.3) is 0 Å². The number of rotatable bonds is 1. The monoisotopic (exact) mass is 154 g/mol. The highest BCUT2D eigenvalue weighted by Gasteiger charge is 2.37. The maximum Gasteiger partial charge on any atom is -0.0354 e. The molecule has 1 fully saturated rings. The van der Waals surface area contributed by atoms with Crippen molar-refractivity contribution in [2.24, 2.45) is 23.2 Å². The molecule has 66 valence electrons. The van der Waals surface area contributed by atoms with Crippen LogP contribution in [0.5, 0.6) is 0 Å². The molecule has 0 nitrogen and oxygen atoms in total. The number of hydrogen-bond acceptors (Lipinski definition) is 0. The fourth-order valence-corrected chi connectivity index (χ4v) is 1.91. The van der Waals surface area contributed by atoms with Crippen molar-refractivity contribution in [3.63, 3.8) is 0 Å². The molecule has 1 saturated carbocycles. The fraction of sp³-hybridized carbons (Fsp3) is 1.00. The second-order valence-electron chi connectivity index (χ2n) is 5.54. The Kier molecular flexibility index (Phi) is 2.32. The van der Waals surface area contributed by atoms with Crippen molar-refractivity contribution in [3.8, 4) is 0 Å². The molecule has 0 amide bonds. The molecule has 0 aliphatic heterocycles. The van der Waals surface area contributed by atoms with E-state index in [2.05, 4.69) is 34.6 Å². The van der Waals surface area contributed by atoms with Gasteiger partial charge in [-0.1, -0.05) is 34.6 Å². The summed E-state index contributed by atoms with van der Waals surface area (Å²) in [5.74, 6) is 2.93. The van der Waals surface area contributed by atoms with Crippen molar-refractivity contribution in [1.29, 1.82) is 0 Å². The summed E-state index contributed by atoms with van der Waals surface area (Å²) >= 11 is 0. The van der Waals surface area contributed by atoms with E-state index in [0.29, 0.717) is 5.41 Å². The van der Waals surface area contributed by atoms with Crippen LogP contribution in [0, 0.1) is 23.2 Å². The first-order chi connectivity index (χ1) is 4.91. The van der Waals surface area contributed by atoms with Crippen molar-refractivity contribution in [2.75, 3.05) is 0 Å². The zero-order valence-corrected chi connectivity index (χ0v) is 8.65. The quantitative estimate of drug-likeness (QED) is 0.540. The minimum Gasteiger partial charge on any atom is -0.0625 e. The normalized spacial score (nSPS) is 32.2. The molecule has 1 aliphatic carbocycles. The third-order valence-corrected chi connectivity index (χ3v) is 3.34. The topological polar surface area (TPSA) is 0 Å². The van der Waals surface area contributed by atoms with Gasteiger partial charge in [-0.3, -0.25) is 0 Å². The van der Waals surface area contributed by atoms with E-state index < -0.39 is 0 Å². The van der Waals surface area contributed by atoms with Gasteiger partial charge in [0.1, 0.15) is 0 Å². The lowest BCUT2D eigenvalue weighted by atomic mass is 9.60. The summed E-state index contributed by atoms with van der Waals surface area (Å²) in [6.45, 7) is 11.8. The van der Waals surface area contributed by atoms with Gasteiger partial charge in [0.05, 0.1) is 0 Å². The molecule has 11 heavy (non-hydrogen) atoms. The van der Waals surface area contributed by atoms with Gasteiger partial charge in [-0.15, -0.1) is 0 Å². The lowest BCUT2D eigenvalue weighted by Crippen LogP contribution is -2.36. The maximum atomic E-state index is 2.37. The van der Waals surface area contributed by atoms with E-state index in [4.69, 9.17) is 0 Å². The minimum absolute atomic E-state index is 0.561. The zero-order chi connectivity index (χ0) is 8.65. The Morgan fingerprint density at radius 1 is 1.09 bits per heavy atom. The highest BCUT2D eigenvalue weighted by molar-refractivity contribution is 4.88. The first-order valence-electron chi connectivity index (χ1n) is 4.91. The summed E-state index contributed by atoms with van der Waals surface area (Å²) in [6, 6.07) is 0. The molecule has 0 N–H and O–H groups in total. The van der Waals surface area contributed by atoms with Crippen molar-refractivity contribution < 1.29 is 0 Å². The highest BCUT2D eigenvalue weighted by Crippen LogP contribution is 2.47. The predicted octanol–water partition coefficient (Wildman–Crippen LogP) is 3.71. The van der Waals surface area contributed by atoms with Gasteiger partial charge in [0.25, 0.3) is 0 Å². The molecule has 0 bridgehead atoms. The van der Waals surface area contributed by atoms with Crippen molar-refractivity contribution in [1.82, 2.24) is 0 Å². The molecule has 0 heteroatoms. The molecule has 0 aromatic carbocycles. The van der Waals surface area contributed by atoms with Gasteiger partial charge < -0.3 is 0 Å². The second kappa shape index (κ2) is 2.80. The van der Waals surface area contributed by atoms with Crippen LogP contribution in [0.1, 0.15) is 47.5 Å². The maximum absolute atomic E-state index is 2.37. The van der Waals surface area contributed by atoms with Gasteiger partial charge in [0.2, 0.25) is 0 Å². The average molecular weight is 154 g/mol. The molecule has 1 aliphatic rings. The lowest BCUT2D eigenvalue weighted by molar-refractivity contribution is 0.0494. The Hall–Kier alpha value is 0. The van der Waals surface area contributed by atoms with E-state index >= 15 is 0 Å². The summed E-state index contributed by atoms with van der Waals surface area (Å²) in [5.41, 5.74) is 0.561. The molecule has 0 radical (unpaired) electrons. The Labute approximate surface area is 71.4 Å². The molecule has 0 saturated heterocycles. The summed E-state index contributed by atoms with van der Waals surface area (Å²) < 4.78 is 0. The number of hydrogen-bond donors (Lipinski definition) is 0. The van der Waals surface area contributed by atoms with Crippen LogP contribution in [0.15, 0.2) is 0 Å². The second-order valence-corrected chi connectivity index (χ2v) is 5.54. The van der Waals surface area contributed by atoms with Crippen LogP contribution in [-0.4, -0.2) is 0 Å². The average Bonchev–Trinajstić information content (AvgIpc) is 1.51. The lowest BCUT2D eigenvalue weighted by Gasteiger charge is -2.45. The van der Waals surface area contributed by atoms with Crippen LogP contribution < -0.4 is 0 Å². The van der Waals surface area contributed by atoms with E-state index in [1.807, 2.05) is 0 Å². The van der Waals surface area contributed by atoms with Crippen LogP contribution in [0.3, 0.4) is 0 Å². The molecule has 1 rings (SSSR count). The molecular formula is C11H22.